The van der Waals surface area contributed by atoms with Crippen LogP contribution in [0.4, 0.5) is 0 Å². The Morgan fingerprint density at radius 3 is 3.00 bits per heavy atom. The van der Waals surface area contributed by atoms with Crippen LogP contribution in [-0.4, -0.2) is 18.5 Å². The van der Waals surface area contributed by atoms with Crippen LogP contribution in [0.5, 0.6) is 0 Å². The van der Waals surface area contributed by atoms with Crippen LogP contribution in [0.25, 0.3) is 0 Å². The first kappa shape index (κ1) is 8.69. The molecule has 0 spiro atoms. The van der Waals surface area contributed by atoms with Gasteiger partial charge < -0.3 is 0 Å². The first-order chi connectivity index (χ1) is 6.33. The lowest BCUT2D eigenvalue weighted by Crippen LogP contribution is -2.43. The number of benzene rings is 1. The van der Waals surface area contributed by atoms with Crippen LogP contribution in [0.15, 0.2) is 24.3 Å². The maximum atomic E-state index is 5.52. The zero-order valence-corrected chi connectivity index (χ0v) is 7.83. The van der Waals surface area contributed by atoms with Gasteiger partial charge in [0.15, 0.2) is 0 Å². The molecular formula is C10H15N3. The van der Waals surface area contributed by atoms with Gasteiger partial charge in [0.25, 0.3) is 0 Å². The predicted molar refractivity (Wildman–Crippen MR) is 52.8 cm³/mol. The fourth-order valence-electron chi connectivity index (χ4n) is 1.91. The minimum absolute atomic E-state index is 0.171. The molecule has 3 heteroatoms. The van der Waals surface area contributed by atoms with Crippen molar-refractivity contribution >= 4 is 0 Å². The molecule has 13 heavy (non-hydrogen) atoms. The van der Waals surface area contributed by atoms with Crippen LogP contribution in [-0.2, 0) is 6.42 Å². The van der Waals surface area contributed by atoms with E-state index in [9.17, 15) is 0 Å². The molecule has 0 amide bonds. The van der Waals surface area contributed by atoms with E-state index in [0.29, 0.717) is 0 Å². The smallest absolute Gasteiger partial charge is 0.0986 e. The number of nitrogens with two attached hydrogens (primary N) is 1. The third-order valence-corrected chi connectivity index (χ3v) is 2.68. The molecule has 0 saturated carbocycles. The molecule has 1 heterocycles. The zero-order valence-electron chi connectivity index (χ0n) is 7.83. The van der Waals surface area contributed by atoms with Gasteiger partial charge in [-0.25, -0.2) is 5.43 Å². The molecule has 0 fully saturated rings. The van der Waals surface area contributed by atoms with Gasteiger partial charge in [0, 0.05) is 6.54 Å². The number of fused-ring (bicyclic) bond motifs is 1. The molecule has 1 aromatic rings. The van der Waals surface area contributed by atoms with Crippen LogP contribution in [0.2, 0.25) is 0 Å². The van der Waals surface area contributed by atoms with E-state index in [1.165, 1.54) is 11.1 Å². The number of hydrogen-bond donors (Lipinski definition) is 2. The van der Waals surface area contributed by atoms with Gasteiger partial charge in [-0.15, -0.1) is 0 Å². The van der Waals surface area contributed by atoms with Crippen molar-refractivity contribution in [3.05, 3.63) is 35.4 Å². The van der Waals surface area contributed by atoms with E-state index < -0.39 is 0 Å². The highest BCUT2D eigenvalue weighted by molar-refractivity contribution is 5.31. The van der Waals surface area contributed by atoms with E-state index in [1.807, 2.05) is 0 Å². The highest BCUT2D eigenvalue weighted by Crippen LogP contribution is 2.25. The van der Waals surface area contributed by atoms with E-state index in [4.69, 9.17) is 5.84 Å². The number of likely N-dealkylation sites (N-methyl/N-ethyl adjacent to an activating group) is 1. The molecule has 70 valence electrons. The van der Waals surface area contributed by atoms with E-state index >= 15 is 0 Å². The fraction of sp³-hybridized carbons (Fsp3) is 0.400. The summed E-state index contributed by atoms with van der Waals surface area (Å²) in [5, 5.41) is 0. The molecule has 1 aromatic carbocycles. The predicted octanol–water partition coefficient (Wildman–Crippen LogP) is 0.636. The molecule has 2 rings (SSSR count). The summed E-state index contributed by atoms with van der Waals surface area (Å²) in [4.78, 5) is 2.22. The normalized spacial score (nSPS) is 22.8. The Morgan fingerprint density at radius 1 is 1.46 bits per heavy atom. The molecular weight excluding hydrogens is 162 g/mol. The molecule has 0 aromatic heterocycles. The maximum Gasteiger partial charge on any atom is 0.0986 e. The zero-order chi connectivity index (χ0) is 9.26. The Balaban J connectivity index is 2.39. The lowest BCUT2D eigenvalue weighted by molar-refractivity contribution is 0.194. The third-order valence-electron chi connectivity index (χ3n) is 2.68. The fourth-order valence-corrected chi connectivity index (χ4v) is 1.91. The Bertz CT molecular complexity index is 298. The van der Waals surface area contributed by atoms with Crippen molar-refractivity contribution in [1.82, 2.24) is 10.3 Å². The second-order valence-corrected chi connectivity index (χ2v) is 3.50. The third kappa shape index (κ3) is 1.46. The van der Waals surface area contributed by atoms with E-state index in [0.717, 1.165) is 13.0 Å². The average molecular weight is 177 g/mol. The van der Waals surface area contributed by atoms with Gasteiger partial charge in [0.1, 0.15) is 0 Å². The van der Waals surface area contributed by atoms with Gasteiger partial charge in [-0.05, 0) is 24.6 Å². The quantitative estimate of drug-likeness (QED) is 0.488. The lowest BCUT2D eigenvalue weighted by Gasteiger charge is -2.33. The summed E-state index contributed by atoms with van der Waals surface area (Å²) in [5.74, 6) is 5.52. The monoisotopic (exact) mass is 177 g/mol. The summed E-state index contributed by atoms with van der Waals surface area (Å²) in [6, 6.07) is 8.45. The number of rotatable bonds is 1. The minimum Gasteiger partial charge on any atom is -0.286 e. The highest BCUT2D eigenvalue weighted by Gasteiger charge is 2.22. The second kappa shape index (κ2) is 3.46. The summed E-state index contributed by atoms with van der Waals surface area (Å²) in [6.45, 7) is 1.06. The molecule has 0 aliphatic carbocycles. The molecule has 0 saturated heterocycles. The lowest BCUT2D eigenvalue weighted by atomic mass is 9.98. The van der Waals surface area contributed by atoms with Crippen molar-refractivity contribution in [1.29, 1.82) is 0 Å². The van der Waals surface area contributed by atoms with Crippen molar-refractivity contribution in [2.24, 2.45) is 5.84 Å². The van der Waals surface area contributed by atoms with E-state index in [2.05, 4.69) is 41.6 Å². The summed E-state index contributed by atoms with van der Waals surface area (Å²) in [7, 11) is 2.08. The molecule has 3 nitrogen and oxygen atoms in total. The van der Waals surface area contributed by atoms with Crippen molar-refractivity contribution < 1.29 is 0 Å². The van der Waals surface area contributed by atoms with Crippen LogP contribution < -0.4 is 11.3 Å². The molecule has 1 aliphatic rings. The SMILES string of the molecule is CN1CCc2ccccc2C1NN. The van der Waals surface area contributed by atoms with E-state index in [-0.39, 0.29) is 6.17 Å². The summed E-state index contributed by atoms with van der Waals surface area (Å²) in [6.07, 6.45) is 1.29. The Kier molecular flexibility index (Phi) is 2.31. The van der Waals surface area contributed by atoms with Crippen LogP contribution in [0.3, 0.4) is 0 Å². The average Bonchev–Trinajstić information content (AvgIpc) is 2.18. The summed E-state index contributed by atoms with van der Waals surface area (Å²) < 4.78 is 0. The second-order valence-electron chi connectivity index (χ2n) is 3.50. The molecule has 1 atom stereocenters. The molecule has 1 aliphatic heterocycles. The first-order valence-corrected chi connectivity index (χ1v) is 4.57. The molecule has 1 unspecified atom stereocenters. The van der Waals surface area contributed by atoms with Gasteiger partial charge in [-0.3, -0.25) is 10.7 Å². The Labute approximate surface area is 78.5 Å². The van der Waals surface area contributed by atoms with Gasteiger partial charge in [-0.1, -0.05) is 24.3 Å². The number of hydrogen-bond acceptors (Lipinski definition) is 3. The highest BCUT2D eigenvalue weighted by atomic mass is 15.4. The molecule has 0 radical (unpaired) electrons. The first-order valence-electron chi connectivity index (χ1n) is 4.57. The Morgan fingerprint density at radius 2 is 2.23 bits per heavy atom. The van der Waals surface area contributed by atoms with Gasteiger partial charge in [0.05, 0.1) is 6.17 Å². The van der Waals surface area contributed by atoms with Crippen molar-refractivity contribution in [2.75, 3.05) is 13.6 Å². The van der Waals surface area contributed by atoms with Gasteiger partial charge >= 0.3 is 0 Å². The van der Waals surface area contributed by atoms with Crippen molar-refractivity contribution in [3.8, 4) is 0 Å². The minimum atomic E-state index is 0.171. The maximum absolute atomic E-state index is 5.52. The number of hydrazine groups is 1. The van der Waals surface area contributed by atoms with Crippen molar-refractivity contribution in [2.45, 2.75) is 12.6 Å². The van der Waals surface area contributed by atoms with Gasteiger partial charge in [0.2, 0.25) is 0 Å². The van der Waals surface area contributed by atoms with Crippen LogP contribution >= 0.6 is 0 Å². The summed E-state index contributed by atoms with van der Waals surface area (Å²) >= 11 is 0. The summed E-state index contributed by atoms with van der Waals surface area (Å²) in [5.41, 5.74) is 5.55. The van der Waals surface area contributed by atoms with Crippen LogP contribution in [0.1, 0.15) is 17.3 Å². The molecule has 3 N–H and O–H groups in total. The largest absolute Gasteiger partial charge is 0.286 e. The number of nitrogens with zero attached hydrogens (tertiary/aromatic N) is 1. The standard InChI is InChI=1S/C10H15N3/c1-13-7-6-8-4-2-3-5-9(8)10(13)12-11/h2-5,10,12H,6-7,11H2,1H3. The molecule has 0 bridgehead atoms. The van der Waals surface area contributed by atoms with E-state index in [1.54, 1.807) is 0 Å². The van der Waals surface area contributed by atoms with Crippen LogP contribution in [0, 0.1) is 0 Å². The number of nitrogens with one attached hydrogen (secondary N) is 1. The van der Waals surface area contributed by atoms with Crippen molar-refractivity contribution in [3.63, 3.8) is 0 Å². The van der Waals surface area contributed by atoms with Gasteiger partial charge in [-0.2, -0.15) is 0 Å². The topological polar surface area (TPSA) is 41.3 Å². The Hall–Kier alpha value is -0.900.